The van der Waals surface area contributed by atoms with E-state index >= 15 is 0 Å². The summed E-state index contributed by atoms with van der Waals surface area (Å²) in [6, 6.07) is 27.7. The third-order valence-corrected chi connectivity index (χ3v) is 10.9. The van der Waals surface area contributed by atoms with Crippen LogP contribution in [-0.4, -0.2) is 19.6 Å². The number of phenolic OH excluding ortho intramolecular Hbond substituents is 1. The summed E-state index contributed by atoms with van der Waals surface area (Å²) in [6.07, 6.45) is 1.42. The second-order valence-corrected chi connectivity index (χ2v) is 17.6. The molecule has 0 saturated carbocycles. The van der Waals surface area contributed by atoms with Crippen molar-refractivity contribution >= 4 is 11.0 Å². The van der Waals surface area contributed by atoms with Crippen molar-refractivity contribution in [3.63, 3.8) is 0 Å². The summed E-state index contributed by atoms with van der Waals surface area (Å²) >= 11 is 0. The first-order valence-corrected chi connectivity index (χ1v) is 20.0. The number of imidazole rings is 1. The van der Waals surface area contributed by atoms with Crippen LogP contribution in [0.4, 0.5) is 0 Å². The molecule has 0 atom stereocenters. The largest absolute Gasteiger partial charge is 0.507 e. The number of aromatic hydroxyl groups is 1. The predicted molar refractivity (Wildman–Crippen MR) is 261 cm³/mol. The molecule has 0 fully saturated rings. The molecule has 8 aromatic rings. The summed E-state index contributed by atoms with van der Waals surface area (Å²) in [6.45, 7) is -13.1. The Morgan fingerprint density at radius 2 is 1.25 bits per heavy atom. The molecule has 0 bridgehead atoms. The van der Waals surface area contributed by atoms with Gasteiger partial charge in [-0.3, -0.25) is 9.55 Å². The van der Waals surface area contributed by atoms with Crippen LogP contribution in [0.5, 0.6) is 5.75 Å². The summed E-state index contributed by atoms with van der Waals surface area (Å²) in [5.74, 6) is -1.91. The van der Waals surface area contributed by atoms with Crippen LogP contribution >= 0.6 is 0 Å². The Balaban J connectivity index is 0.0000106. The topological polar surface area (TPSA) is 50.9 Å². The molecule has 0 amide bonds. The number of pyridine rings is 1. The first-order valence-electron chi connectivity index (χ1n) is 31.5. The maximum atomic E-state index is 13.1. The van der Waals surface area contributed by atoms with Gasteiger partial charge in [0, 0.05) is 68.8 Å². The fourth-order valence-electron chi connectivity index (χ4n) is 7.51. The molecular weight excluding hydrogens is 950 g/mol. The quantitative estimate of drug-likeness (QED) is 0.169. The normalized spacial score (nSPS) is 18.9. The summed E-state index contributed by atoms with van der Waals surface area (Å²) in [5.41, 5.74) is -8.48. The van der Waals surface area contributed by atoms with E-state index in [0.717, 1.165) is 5.56 Å². The van der Waals surface area contributed by atoms with Crippen molar-refractivity contribution in [2.45, 2.75) is 104 Å². The Morgan fingerprint density at radius 3 is 1.94 bits per heavy atom. The van der Waals surface area contributed by atoms with E-state index in [4.69, 9.17) is 36.5 Å². The zero-order valence-electron chi connectivity index (χ0n) is 58.5. The van der Waals surface area contributed by atoms with Gasteiger partial charge in [-0.2, -0.15) is 0 Å². The van der Waals surface area contributed by atoms with Crippen LogP contribution < -0.4 is 0 Å². The van der Waals surface area contributed by atoms with E-state index in [1.807, 2.05) is 59.7 Å². The average molecular weight is 1030 g/mol. The van der Waals surface area contributed by atoms with Crippen molar-refractivity contribution in [2.24, 2.45) is 0 Å². The van der Waals surface area contributed by atoms with Crippen LogP contribution in [0.15, 0.2) is 140 Å². The van der Waals surface area contributed by atoms with Crippen molar-refractivity contribution < 1.29 is 57.7 Å². The minimum atomic E-state index is -4.19. The second-order valence-electron chi connectivity index (χ2n) is 17.6. The van der Waals surface area contributed by atoms with Crippen molar-refractivity contribution in [1.29, 1.82) is 0 Å². The van der Waals surface area contributed by atoms with Crippen LogP contribution in [0, 0.1) is 6.07 Å². The summed E-state index contributed by atoms with van der Waals surface area (Å²) < 4.78 is 202. The molecule has 0 aliphatic heterocycles. The molecule has 0 unspecified atom stereocenters. The van der Waals surface area contributed by atoms with E-state index in [-0.39, 0.29) is 60.7 Å². The van der Waals surface area contributed by atoms with E-state index in [1.165, 1.54) is 16.8 Å². The first kappa shape index (κ1) is 24.5. The van der Waals surface area contributed by atoms with Crippen LogP contribution in [0.3, 0.4) is 0 Å². The van der Waals surface area contributed by atoms with Crippen molar-refractivity contribution in [2.75, 3.05) is 0 Å². The Kier molecular flexibility index (Phi) is 6.55. The van der Waals surface area contributed by atoms with E-state index < -0.39 is 121 Å². The molecule has 4 nitrogen and oxygen atoms in total. The van der Waals surface area contributed by atoms with Crippen LogP contribution in [0.2, 0.25) is 0 Å². The fraction of sp³-hybridized carbons (Fsp3) is 0.276. The molecule has 2 heterocycles. The maximum Gasteiger partial charge on any atom is 0.148 e. The van der Waals surface area contributed by atoms with E-state index in [0.29, 0.717) is 39.4 Å². The standard InChI is InChI=1S/C58H60N3O.Pt/c1-55(2,3)42-26-27-50(46(34-42)38-22-17-14-18-23-38)61-51-25-19-24-45(52(51)60-54(61)47-35-44(57(7,8)9)36-48(53(47)62)58(10,11)12)40-30-41(32-43(31-40)56(4,5)6)49-33-39(28-29-59-49)37-20-15-13-16-21-37;/h13-29,31-36,62H,1-12H3;/q-1;/i7D3,8D3,9D3,10D3,11D3,12D3,13D,15D,16D,20D,21D;. The number of hydrogen-bond acceptors (Lipinski definition) is 3. The molecular formula is C58H60N3OPt-. The van der Waals surface area contributed by atoms with Crippen molar-refractivity contribution in [3.05, 3.63) is 168 Å². The average Bonchev–Trinajstić information content (AvgIpc) is 0.784. The predicted octanol–water partition coefficient (Wildman–Crippen LogP) is 15.4. The van der Waals surface area contributed by atoms with Gasteiger partial charge in [-0.15, -0.1) is 29.3 Å². The molecule has 5 heteroatoms. The van der Waals surface area contributed by atoms with Gasteiger partial charge in [0.2, 0.25) is 0 Å². The maximum absolute atomic E-state index is 13.1. The molecule has 8 rings (SSSR count). The number of phenols is 1. The van der Waals surface area contributed by atoms with Gasteiger partial charge in [0.25, 0.3) is 0 Å². The Bertz CT molecular complexity index is 3810. The minimum Gasteiger partial charge on any atom is -0.507 e. The van der Waals surface area contributed by atoms with Gasteiger partial charge in [-0.1, -0.05) is 185 Å². The van der Waals surface area contributed by atoms with Gasteiger partial charge in [-0.25, -0.2) is 4.98 Å². The fourth-order valence-corrected chi connectivity index (χ4v) is 7.51. The summed E-state index contributed by atoms with van der Waals surface area (Å²) in [4.78, 5) is 9.78. The van der Waals surface area contributed by atoms with Crippen LogP contribution in [0.1, 0.15) is 136 Å². The van der Waals surface area contributed by atoms with Crippen LogP contribution in [0.25, 0.3) is 72.7 Å². The molecule has 0 spiro atoms. The van der Waals surface area contributed by atoms with Crippen molar-refractivity contribution in [3.8, 4) is 67.5 Å². The smallest absolute Gasteiger partial charge is 0.148 e. The number of benzene rings is 6. The summed E-state index contributed by atoms with van der Waals surface area (Å²) in [5, 5.41) is 13.1. The Morgan fingerprint density at radius 1 is 0.587 bits per heavy atom. The van der Waals surface area contributed by atoms with Crippen molar-refractivity contribution in [1.82, 2.24) is 14.5 Å². The Hall–Kier alpha value is -5.57. The monoisotopic (exact) mass is 1030 g/mol. The number of aromatic nitrogens is 3. The van der Waals surface area contributed by atoms with Gasteiger partial charge < -0.3 is 5.11 Å². The third-order valence-electron chi connectivity index (χ3n) is 10.9. The van der Waals surface area contributed by atoms with Gasteiger partial charge in [-0.05, 0) is 79.8 Å². The van der Waals surface area contributed by atoms with E-state index in [2.05, 4.69) is 11.1 Å². The van der Waals surface area contributed by atoms with Crippen LogP contribution in [-0.2, 0) is 42.7 Å². The van der Waals surface area contributed by atoms with Gasteiger partial charge in [0.15, 0.2) is 0 Å². The molecule has 1 N–H and O–H groups in total. The number of hydrogen-bond donors (Lipinski definition) is 1. The molecule has 0 radical (unpaired) electrons. The molecule has 0 saturated heterocycles. The molecule has 6 aromatic carbocycles. The molecule has 63 heavy (non-hydrogen) atoms. The van der Waals surface area contributed by atoms with Gasteiger partial charge in [0.05, 0.1) is 29.1 Å². The molecule has 324 valence electrons. The number of rotatable bonds is 6. The minimum absolute atomic E-state index is 0. The molecule has 2 aromatic heterocycles. The first-order chi connectivity index (χ1) is 38.8. The molecule has 0 aliphatic rings. The number of nitrogens with zero attached hydrogens (tertiary/aromatic N) is 3. The molecule has 0 aliphatic carbocycles. The third kappa shape index (κ3) is 9.11. The van der Waals surface area contributed by atoms with E-state index in [1.54, 1.807) is 66.7 Å². The van der Waals surface area contributed by atoms with Gasteiger partial charge >= 0.3 is 0 Å². The Labute approximate surface area is 422 Å². The second kappa shape index (κ2) is 16.9. The zero-order chi connectivity index (χ0) is 63.7. The zero-order valence-corrected chi connectivity index (χ0v) is 37.8. The SMILES string of the molecule is [2H]c1c([2H])c([2H])c(-c2ccnc(-c3[c-]c(-c4cccc5c4nc(-c4cc(C(C([2H])([2H])[2H])(C([2H])([2H])[2H])C([2H])([2H])[2H])cc(C(C([2H])([2H])[2H])(C([2H])([2H])[2H])C([2H])([2H])[2H])c4O)n5-c4ccc(C(C)(C)C)cc4-c4ccccc4)cc(C(C)(C)C)c3)c2)c([2H])c1[2H].[Pt]. The number of fused-ring (bicyclic) bond motifs is 1. The van der Waals surface area contributed by atoms with Gasteiger partial charge in [0.1, 0.15) is 11.6 Å². The van der Waals surface area contributed by atoms with E-state index in [9.17, 15) is 5.11 Å². The summed E-state index contributed by atoms with van der Waals surface area (Å²) in [7, 11) is 0. The number of para-hydroxylation sites is 1.